The van der Waals surface area contributed by atoms with Crippen LogP contribution in [0.15, 0.2) is 15.9 Å². The van der Waals surface area contributed by atoms with Gasteiger partial charge in [-0.3, -0.25) is 0 Å². The lowest BCUT2D eigenvalue weighted by Gasteiger charge is -2.26. The van der Waals surface area contributed by atoms with Crippen molar-refractivity contribution in [3.8, 4) is 0 Å². The average molecular weight is 333 g/mol. The van der Waals surface area contributed by atoms with E-state index in [9.17, 15) is 0 Å². The molecule has 4 heteroatoms. The number of nitrogens with one attached hydrogen (secondary N) is 1. The van der Waals surface area contributed by atoms with E-state index in [2.05, 4.69) is 59.2 Å². The van der Waals surface area contributed by atoms with Gasteiger partial charge in [-0.1, -0.05) is 13.8 Å². The molecule has 18 heavy (non-hydrogen) atoms. The van der Waals surface area contributed by atoms with Crippen molar-refractivity contribution in [1.29, 1.82) is 0 Å². The molecule has 1 unspecified atom stereocenters. The first kappa shape index (κ1) is 16.2. The number of nitrogens with zero attached hydrogens (tertiary/aromatic N) is 1. The van der Waals surface area contributed by atoms with Crippen molar-refractivity contribution >= 4 is 27.3 Å². The number of hydrogen-bond donors (Lipinski definition) is 1. The molecule has 1 N–H and O–H groups in total. The SMILES string of the molecule is CNCC(CN(C)CCc1ccc(Br)s1)C(C)C. The lowest BCUT2D eigenvalue weighted by Crippen LogP contribution is -2.35. The summed E-state index contributed by atoms with van der Waals surface area (Å²) in [6.07, 6.45) is 1.15. The summed E-state index contributed by atoms with van der Waals surface area (Å²) in [4.78, 5) is 3.92. The molecular formula is C14H25BrN2S. The molecule has 0 bridgehead atoms. The molecule has 104 valence electrons. The molecule has 1 atom stereocenters. The first-order valence-electron chi connectivity index (χ1n) is 6.60. The van der Waals surface area contributed by atoms with Crippen LogP contribution in [0.4, 0.5) is 0 Å². The van der Waals surface area contributed by atoms with Gasteiger partial charge >= 0.3 is 0 Å². The molecule has 0 amide bonds. The van der Waals surface area contributed by atoms with E-state index in [1.54, 1.807) is 0 Å². The minimum Gasteiger partial charge on any atom is -0.319 e. The third kappa shape index (κ3) is 5.83. The highest BCUT2D eigenvalue weighted by molar-refractivity contribution is 9.11. The highest BCUT2D eigenvalue weighted by atomic mass is 79.9. The fraction of sp³-hybridized carbons (Fsp3) is 0.714. The van der Waals surface area contributed by atoms with Crippen molar-refractivity contribution in [3.05, 3.63) is 20.8 Å². The Balaban J connectivity index is 2.33. The number of likely N-dealkylation sites (N-methyl/N-ethyl adjacent to an activating group) is 1. The second-order valence-corrected chi connectivity index (χ2v) is 7.83. The minimum absolute atomic E-state index is 0.732. The first-order chi connectivity index (χ1) is 8.52. The van der Waals surface area contributed by atoms with E-state index in [0.717, 1.165) is 31.3 Å². The van der Waals surface area contributed by atoms with Gasteiger partial charge in [0.1, 0.15) is 0 Å². The van der Waals surface area contributed by atoms with Crippen molar-refractivity contribution in [1.82, 2.24) is 10.2 Å². The van der Waals surface area contributed by atoms with Crippen molar-refractivity contribution in [2.45, 2.75) is 20.3 Å². The van der Waals surface area contributed by atoms with Gasteiger partial charge in [-0.2, -0.15) is 0 Å². The normalized spacial score (nSPS) is 13.5. The molecule has 0 saturated heterocycles. The topological polar surface area (TPSA) is 15.3 Å². The quantitative estimate of drug-likeness (QED) is 0.784. The van der Waals surface area contributed by atoms with Crippen molar-refractivity contribution in [2.75, 3.05) is 33.7 Å². The van der Waals surface area contributed by atoms with Gasteiger partial charge in [0.15, 0.2) is 0 Å². The van der Waals surface area contributed by atoms with Crippen LogP contribution in [0.5, 0.6) is 0 Å². The maximum atomic E-state index is 3.52. The van der Waals surface area contributed by atoms with Gasteiger partial charge in [-0.05, 0) is 67.0 Å². The average Bonchev–Trinajstić information content (AvgIpc) is 2.72. The smallest absolute Gasteiger partial charge is 0.0701 e. The van der Waals surface area contributed by atoms with Crippen LogP contribution in [0.2, 0.25) is 0 Å². The monoisotopic (exact) mass is 332 g/mol. The van der Waals surface area contributed by atoms with E-state index in [-0.39, 0.29) is 0 Å². The molecule has 0 aliphatic heterocycles. The zero-order valence-electron chi connectivity index (χ0n) is 11.9. The standard InChI is InChI=1S/C14H25BrN2S/c1-11(2)12(9-16-3)10-17(4)8-7-13-5-6-14(15)18-13/h5-6,11-12,16H,7-10H2,1-4H3. The molecule has 1 rings (SSSR count). The predicted molar refractivity (Wildman–Crippen MR) is 85.5 cm³/mol. The van der Waals surface area contributed by atoms with E-state index in [0.29, 0.717) is 0 Å². The van der Waals surface area contributed by atoms with Crippen LogP contribution in [-0.2, 0) is 6.42 Å². The molecule has 1 aromatic rings. The number of hydrogen-bond acceptors (Lipinski definition) is 3. The molecule has 0 aromatic carbocycles. The lowest BCUT2D eigenvalue weighted by atomic mass is 9.95. The van der Waals surface area contributed by atoms with Gasteiger partial charge in [-0.15, -0.1) is 11.3 Å². The van der Waals surface area contributed by atoms with Gasteiger partial charge in [0.05, 0.1) is 3.79 Å². The van der Waals surface area contributed by atoms with Gasteiger partial charge in [0, 0.05) is 18.0 Å². The Morgan fingerprint density at radius 2 is 2.11 bits per heavy atom. The van der Waals surface area contributed by atoms with Crippen molar-refractivity contribution in [3.63, 3.8) is 0 Å². The molecular weight excluding hydrogens is 308 g/mol. The maximum Gasteiger partial charge on any atom is 0.0701 e. The summed E-state index contributed by atoms with van der Waals surface area (Å²) < 4.78 is 1.23. The lowest BCUT2D eigenvalue weighted by molar-refractivity contribution is 0.235. The Hall–Kier alpha value is 0.1000. The number of rotatable bonds is 8. The van der Waals surface area contributed by atoms with Crippen LogP contribution < -0.4 is 5.32 Å². The predicted octanol–water partition coefficient (Wildman–Crippen LogP) is 3.48. The fourth-order valence-electron chi connectivity index (χ4n) is 2.05. The molecule has 0 aliphatic carbocycles. The Kier molecular flexibility index (Phi) is 7.46. The molecule has 1 heterocycles. The number of thiophene rings is 1. The fourth-order valence-corrected chi connectivity index (χ4v) is 3.52. The first-order valence-corrected chi connectivity index (χ1v) is 8.21. The molecule has 0 spiro atoms. The van der Waals surface area contributed by atoms with E-state index in [4.69, 9.17) is 0 Å². The second-order valence-electron chi connectivity index (χ2n) is 5.28. The number of halogens is 1. The summed E-state index contributed by atoms with van der Waals surface area (Å²) in [5.74, 6) is 1.46. The van der Waals surface area contributed by atoms with E-state index in [1.807, 2.05) is 18.4 Å². The Labute approximate surface area is 124 Å². The van der Waals surface area contributed by atoms with Crippen LogP contribution in [0.1, 0.15) is 18.7 Å². The molecule has 0 fully saturated rings. The highest BCUT2D eigenvalue weighted by Gasteiger charge is 2.14. The maximum absolute atomic E-state index is 3.52. The van der Waals surface area contributed by atoms with Gasteiger partial charge in [0.2, 0.25) is 0 Å². The zero-order chi connectivity index (χ0) is 13.5. The van der Waals surface area contributed by atoms with Gasteiger partial charge in [0.25, 0.3) is 0 Å². The van der Waals surface area contributed by atoms with Crippen LogP contribution in [0, 0.1) is 11.8 Å². The molecule has 0 aliphatic rings. The van der Waals surface area contributed by atoms with Crippen LogP contribution in [0.3, 0.4) is 0 Å². The van der Waals surface area contributed by atoms with Gasteiger partial charge in [-0.25, -0.2) is 0 Å². The van der Waals surface area contributed by atoms with Crippen LogP contribution >= 0.6 is 27.3 Å². The zero-order valence-corrected chi connectivity index (χ0v) is 14.3. The van der Waals surface area contributed by atoms with Crippen molar-refractivity contribution in [2.24, 2.45) is 11.8 Å². The largest absolute Gasteiger partial charge is 0.319 e. The van der Waals surface area contributed by atoms with Crippen LogP contribution in [0.25, 0.3) is 0 Å². The summed E-state index contributed by atoms with van der Waals surface area (Å²) in [5.41, 5.74) is 0. The summed E-state index contributed by atoms with van der Waals surface area (Å²) in [6.45, 7) is 8.04. The Morgan fingerprint density at radius 1 is 1.39 bits per heavy atom. The van der Waals surface area contributed by atoms with Crippen molar-refractivity contribution < 1.29 is 0 Å². The molecule has 1 aromatic heterocycles. The molecule has 0 radical (unpaired) electrons. The van der Waals surface area contributed by atoms with Gasteiger partial charge < -0.3 is 10.2 Å². The Bertz CT molecular complexity index is 338. The third-order valence-electron chi connectivity index (χ3n) is 3.32. The summed E-state index contributed by atoms with van der Waals surface area (Å²) in [6, 6.07) is 4.36. The van der Waals surface area contributed by atoms with E-state index in [1.165, 1.54) is 15.2 Å². The third-order valence-corrected chi connectivity index (χ3v) is 5.01. The highest BCUT2D eigenvalue weighted by Crippen LogP contribution is 2.22. The summed E-state index contributed by atoms with van der Waals surface area (Å²) in [5, 5.41) is 3.30. The molecule has 0 saturated carbocycles. The summed E-state index contributed by atoms with van der Waals surface area (Å²) in [7, 11) is 4.27. The van der Waals surface area contributed by atoms with Crippen LogP contribution in [-0.4, -0.2) is 38.6 Å². The molecule has 2 nitrogen and oxygen atoms in total. The Morgan fingerprint density at radius 3 is 2.61 bits per heavy atom. The van der Waals surface area contributed by atoms with E-state index >= 15 is 0 Å². The summed E-state index contributed by atoms with van der Waals surface area (Å²) >= 11 is 5.36. The minimum atomic E-state index is 0.732. The second kappa shape index (κ2) is 8.31. The van der Waals surface area contributed by atoms with E-state index < -0.39 is 0 Å².